The number of ether oxygens (including phenoxy) is 1. The number of hydrogen-bond acceptors (Lipinski definition) is 4. The average Bonchev–Trinajstić information content (AvgIpc) is 2.94. The summed E-state index contributed by atoms with van der Waals surface area (Å²) in [5.41, 5.74) is 0. The van der Waals surface area contributed by atoms with E-state index in [1.807, 2.05) is 6.07 Å². The third-order valence-electron chi connectivity index (χ3n) is 3.19. The molecule has 106 valence electrons. The molecule has 1 aliphatic heterocycles. The molecule has 1 amide bonds. The van der Waals surface area contributed by atoms with Crippen molar-refractivity contribution in [3.63, 3.8) is 0 Å². The van der Waals surface area contributed by atoms with Crippen LogP contribution in [0.25, 0.3) is 0 Å². The molecule has 1 aromatic heterocycles. The van der Waals surface area contributed by atoms with Crippen LogP contribution in [0.2, 0.25) is 0 Å². The summed E-state index contributed by atoms with van der Waals surface area (Å²) in [6.45, 7) is 5.58. The lowest BCUT2D eigenvalue weighted by atomic mass is 10.2. The highest BCUT2D eigenvalue weighted by Gasteiger charge is 2.24. The first kappa shape index (κ1) is 14.8. The number of carbonyl (C=O) groups is 1. The van der Waals surface area contributed by atoms with Gasteiger partial charge in [0.15, 0.2) is 0 Å². The zero-order chi connectivity index (χ0) is 13.7. The van der Waals surface area contributed by atoms with E-state index in [9.17, 15) is 4.79 Å². The molecule has 0 spiro atoms. The molecule has 1 aliphatic rings. The summed E-state index contributed by atoms with van der Waals surface area (Å²) in [4.78, 5) is 15.2. The number of nitrogens with zero attached hydrogens (tertiary/aromatic N) is 1. The Bertz CT molecular complexity index is 391. The molecule has 0 aromatic carbocycles. The molecule has 1 aromatic rings. The highest BCUT2D eigenvalue weighted by Crippen LogP contribution is 2.25. The van der Waals surface area contributed by atoms with Crippen molar-refractivity contribution in [1.82, 2.24) is 10.2 Å². The van der Waals surface area contributed by atoms with Gasteiger partial charge in [-0.2, -0.15) is 0 Å². The molecular weight excluding hydrogens is 284 g/mol. The van der Waals surface area contributed by atoms with Gasteiger partial charge in [-0.1, -0.05) is 6.07 Å². The second-order valence-corrected chi connectivity index (χ2v) is 6.17. The number of carbonyl (C=O) groups excluding carboxylic acids is 1. The number of nitrogens with one attached hydrogen (secondary N) is 1. The van der Waals surface area contributed by atoms with Crippen molar-refractivity contribution >= 4 is 28.8 Å². The zero-order valence-electron chi connectivity index (χ0n) is 11.0. The van der Waals surface area contributed by atoms with Crippen LogP contribution in [-0.2, 0) is 9.53 Å². The number of halogens is 1. The highest BCUT2D eigenvalue weighted by molar-refractivity contribution is 7.10. The molecule has 2 unspecified atom stereocenters. The molecule has 1 saturated heterocycles. The van der Waals surface area contributed by atoms with Crippen LogP contribution in [0.4, 0.5) is 0 Å². The van der Waals surface area contributed by atoms with Crippen molar-refractivity contribution in [2.24, 2.45) is 0 Å². The highest BCUT2D eigenvalue weighted by atomic mass is 35.5. The predicted molar refractivity (Wildman–Crippen MR) is 77.8 cm³/mol. The maximum Gasteiger partial charge on any atom is 0.237 e. The number of morpholine rings is 1. The van der Waals surface area contributed by atoms with Crippen LogP contribution in [0.15, 0.2) is 17.5 Å². The summed E-state index contributed by atoms with van der Waals surface area (Å²) in [6.07, 6.45) is 0. The van der Waals surface area contributed by atoms with E-state index < -0.39 is 5.38 Å². The summed E-state index contributed by atoms with van der Waals surface area (Å²) < 4.78 is 5.38. The normalized spacial score (nSPS) is 19.9. The van der Waals surface area contributed by atoms with Gasteiger partial charge in [-0.25, -0.2) is 0 Å². The Labute approximate surface area is 122 Å². The Morgan fingerprint density at radius 1 is 1.58 bits per heavy atom. The van der Waals surface area contributed by atoms with Gasteiger partial charge >= 0.3 is 0 Å². The molecule has 1 N–H and O–H groups in total. The fourth-order valence-electron chi connectivity index (χ4n) is 2.12. The molecule has 2 rings (SSSR count). The number of alkyl halides is 1. The number of thiophene rings is 1. The van der Waals surface area contributed by atoms with E-state index in [1.165, 1.54) is 4.88 Å². The Balaban J connectivity index is 2.00. The Morgan fingerprint density at radius 3 is 2.89 bits per heavy atom. The van der Waals surface area contributed by atoms with Crippen LogP contribution in [0.5, 0.6) is 0 Å². The molecular formula is C13H19ClN2O2S. The van der Waals surface area contributed by atoms with Gasteiger partial charge in [0.1, 0.15) is 5.38 Å². The van der Waals surface area contributed by atoms with E-state index >= 15 is 0 Å². The van der Waals surface area contributed by atoms with Gasteiger partial charge in [0.25, 0.3) is 0 Å². The van der Waals surface area contributed by atoms with Crippen molar-refractivity contribution < 1.29 is 9.53 Å². The molecule has 2 heterocycles. The van der Waals surface area contributed by atoms with E-state index in [0.29, 0.717) is 6.54 Å². The average molecular weight is 303 g/mol. The fraction of sp³-hybridized carbons (Fsp3) is 0.615. The lowest BCUT2D eigenvalue weighted by Crippen LogP contribution is -2.44. The second kappa shape index (κ2) is 7.24. The minimum Gasteiger partial charge on any atom is -0.379 e. The first-order valence-electron chi connectivity index (χ1n) is 6.45. The van der Waals surface area contributed by atoms with Crippen molar-refractivity contribution in [3.05, 3.63) is 22.4 Å². The van der Waals surface area contributed by atoms with Gasteiger partial charge in [-0.05, 0) is 18.4 Å². The van der Waals surface area contributed by atoms with Crippen molar-refractivity contribution in [3.8, 4) is 0 Å². The van der Waals surface area contributed by atoms with Gasteiger partial charge in [-0.15, -0.1) is 22.9 Å². The molecule has 1 fully saturated rings. The van der Waals surface area contributed by atoms with Gasteiger partial charge in [0.05, 0.1) is 19.3 Å². The molecule has 2 atom stereocenters. The van der Waals surface area contributed by atoms with Crippen molar-refractivity contribution in [1.29, 1.82) is 0 Å². The molecule has 0 radical (unpaired) electrons. The van der Waals surface area contributed by atoms with E-state index in [0.717, 1.165) is 26.3 Å². The monoisotopic (exact) mass is 302 g/mol. The Hall–Kier alpha value is -0.620. The van der Waals surface area contributed by atoms with Crippen molar-refractivity contribution in [2.75, 3.05) is 32.8 Å². The zero-order valence-corrected chi connectivity index (χ0v) is 12.5. The summed E-state index contributed by atoms with van der Waals surface area (Å²) >= 11 is 7.50. The number of rotatable bonds is 5. The minimum absolute atomic E-state index is 0.114. The maximum absolute atomic E-state index is 11.6. The van der Waals surface area contributed by atoms with Crippen LogP contribution < -0.4 is 5.32 Å². The van der Waals surface area contributed by atoms with E-state index in [4.69, 9.17) is 16.3 Å². The maximum atomic E-state index is 11.6. The summed E-state index contributed by atoms with van der Waals surface area (Å²) in [6, 6.07) is 4.36. The van der Waals surface area contributed by atoms with E-state index in [-0.39, 0.29) is 11.9 Å². The van der Waals surface area contributed by atoms with Crippen LogP contribution in [-0.4, -0.2) is 49.0 Å². The summed E-state index contributed by atoms with van der Waals surface area (Å²) in [5.74, 6) is -0.114. The predicted octanol–water partition coefficient (Wildman–Crippen LogP) is 1.86. The summed E-state index contributed by atoms with van der Waals surface area (Å²) in [5, 5.41) is 4.49. The smallest absolute Gasteiger partial charge is 0.237 e. The van der Waals surface area contributed by atoms with E-state index in [1.54, 1.807) is 18.3 Å². The number of amides is 1. The lowest BCUT2D eigenvalue weighted by molar-refractivity contribution is -0.120. The Kier molecular flexibility index (Phi) is 5.63. The number of hydrogen-bond donors (Lipinski definition) is 1. The summed E-state index contributed by atoms with van der Waals surface area (Å²) in [7, 11) is 0. The molecule has 4 nitrogen and oxygen atoms in total. The van der Waals surface area contributed by atoms with Crippen LogP contribution >= 0.6 is 22.9 Å². The van der Waals surface area contributed by atoms with Gasteiger partial charge in [0, 0.05) is 24.5 Å². The molecule has 0 aliphatic carbocycles. The standard InChI is InChI=1S/C13H19ClN2O2S/c1-10(14)13(17)15-9-11(12-3-2-8-19-12)16-4-6-18-7-5-16/h2-3,8,10-11H,4-7,9H2,1H3,(H,15,17). The largest absolute Gasteiger partial charge is 0.379 e. The topological polar surface area (TPSA) is 41.6 Å². The first-order chi connectivity index (χ1) is 9.18. The Morgan fingerprint density at radius 2 is 2.32 bits per heavy atom. The van der Waals surface area contributed by atoms with Crippen molar-refractivity contribution in [2.45, 2.75) is 18.3 Å². The second-order valence-electron chi connectivity index (χ2n) is 4.54. The molecule has 0 saturated carbocycles. The van der Waals surface area contributed by atoms with Gasteiger partial charge in [-0.3, -0.25) is 9.69 Å². The lowest BCUT2D eigenvalue weighted by Gasteiger charge is -2.34. The van der Waals surface area contributed by atoms with Gasteiger partial charge in [0.2, 0.25) is 5.91 Å². The van der Waals surface area contributed by atoms with E-state index in [2.05, 4.69) is 21.7 Å². The SMILES string of the molecule is CC(Cl)C(=O)NCC(c1cccs1)N1CCOCC1. The van der Waals surface area contributed by atoms with Gasteiger partial charge < -0.3 is 10.1 Å². The van der Waals surface area contributed by atoms with Crippen LogP contribution in [0.3, 0.4) is 0 Å². The molecule has 0 bridgehead atoms. The molecule has 6 heteroatoms. The first-order valence-corrected chi connectivity index (χ1v) is 7.77. The minimum atomic E-state index is -0.492. The third kappa shape index (κ3) is 4.18. The van der Waals surface area contributed by atoms with Crippen LogP contribution in [0.1, 0.15) is 17.8 Å². The fourth-order valence-corrected chi connectivity index (χ4v) is 3.06. The molecule has 19 heavy (non-hydrogen) atoms. The quantitative estimate of drug-likeness (QED) is 0.844. The third-order valence-corrected chi connectivity index (χ3v) is 4.36. The van der Waals surface area contributed by atoms with Crippen LogP contribution in [0, 0.1) is 0 Å².